The summed E-state index contributed by atoms with van der Waals surface area (Å²) in [5.74, 6) is -1.35. The molecule has 0 aliphatic carbocycles. The Kier molecular flexibility index (Phi) is 8.75. The van der Waals surface area contributed by atoms with E-state index in [0.29, 0.717) is 51.4 Å². The summed E-state index contributed by atoms with van der Waals surface area (Å²) in [4.78, 5) is 29.6. The first-order valence-electron chi connectivity index (χ1n) is 10.4. The third-order valence-electron chi connectivity index (χ3n) is 5.94. The molecule has 2 saturated heterocycles. The second-order valence-electron chi connectivity index (χ2n) is 8.10. The van der Waals surface area contributed by atoms with Crippen LogP contribution in [0.2, 0.25) is 0 Å². The monoisotopic (exact) mass is 481 g/mol. The molecule has 2 heterocycles. The summed E-state index contributed by atoms with van der Waals surface area (Å²) in [5, 5.41) is 0. The Hall–Kier alpha value is -2.07. The number of likely N-dealkylation sites (tertiary alicyclic amines) is 1. The number of piperazine rings is 1. The fourth-order valence-corrected chi connectivity index (χ4v) is 3.93. The molecular weight excluding hydrogens is 454 g/mol. The van der Waals surface area contributed by atoms with E-state index in [1.165, 1.54) is 17.0 Å². The second kappa shape index (κ2) is 10.7. The Morgan fingerprint density at radius 1 is 1.00 bits per heavy atom. The average Bonchev–Trinajstić information content (AvgIpc) is 2.90. The number of nitrogens with zero attached hydrogens (tertiary/aromatic N) is 3. The van der Waals surface area contributed by atoms with E-state index in [0.717, 1.165) is 6.07 Å². The van der Waals surface area contributed by atoms with Gasteiger partial charge in [-0.3, -0.25) is 19.4 Å². The number of halogens is 5. The van der Waals surface area contributed by atoms with Gasteiger partial charge in [0.2, 0.25) is 11.8 Å². The highest BCUT2D eigenvalue weighted by Crippen LogP contribution is 2.31. The van der Waals surface area contributed by atoms with Crippen LogP contribution >= 0.6 is 12.4 Å². The minimum atomic E-state index is -4.47. The zero-order chi connectivity index (χ0) is 22.8. The second-order valence-corrected chi connectivity index (χ2v) is 8.10. The van der Waals surface area contributed by atoms with Gasteiger partial charge in [0.15, 0.2) is 6.61 Å². The Labute approximate surface area is 190 Å². The quantitative estimate of drug-likeness (QED) is 0.441. The van der Waals surface area contributed by atoms with Gasteiger partial charge in [-0.15, -0.1) is 12.4 Å². The van der Waals surface area contributed by atoms with Gasteiger partial charge in [-0.1, -0.05) is 13.8 Å². The number of hydrogen-bond acceptors (Lipinski definition) is 5. The van der Waals surface area contributed by atoms with Gasteiger partial charge in [-0.05, 0) is 25.1 Å². The molecule has 1 aromatic rings. The Morgan fingerprint density at radius 3 is 2.16 bits per heavy atom. The molecule has 0 radical (unpaired) electrons. The number of alkyl halides is 3. The number of imide groups is 1. The largest absolute Gasteiger partial charge is 0.482 e. The first kappa shape index (κ1) is 26.2. The maximum absolute atomic E-state index is 13.7. The zero-order valence-electron chi connectivity index (χ0n) is 18.0. The van der Waals surface area contributed by atoms with Gasteiger partial charge in [-0.25, -0.2) is 4.39 Å². The van der Waals surface area contributed by atoms with Crippen LogP contribution in [0.25, 0.3) is 0 Å². The SMILES string of the molecule is CC1C(=O)N(CCCN2CCN(c3cc(F)ccc3OCC(F)(F)F)CC2)C(=O)C1C.Cl. The number of amides is 2. The predicted molar refractivity (Wildman–Crippen MR) is 114 cm³/mol. The van der Waals surface area contributed by atoms with Gasteiger partial charge in [0.25, 0.3) is 0 Å². The third-order valence-corrected chi connectivity index (χ3v) is 5.94. The normalized spacial score (nSPS) is 22.3. The van der Waals surface area contributed by atoms with Crippen molar-refractivity contribution in [2.75, 3.05) is 50.8 Å². The van der Waals surface area contributed by atoms with Crippen LogP contribution in [0, 0.1) is 17.7 Å². The summed E-state index contributed by atoms with van der Waals surface area (Å²) < 4.78 is 56.1. The maximum atomic E-state index is 13.7. The molecule has 2 amide bonds. The van der Waals surface area contributed by atoms with Crippen LogP contribution < -0.4 is 9.64 Å². The molecule has 3 rings (SSSR count). The molecule has 6 nitrogen and oxygen atoms in total. The number of benzene rings is 1. The number of ether oxygens (including phenoxy) is 1. The molecule has 0 saturated carbocycles. The molecule has 0 bridgehead atoms. The van der Waals surface area contributed by atoms with E-state index >= 15 is 0 Å². The summed E-state index contributed by atoms with van der Waals surface area (Å²) in [6.45, 7) is 5.43. The topological polar surface area (TPSA) is 53.1 Å². The molecule has 180 valence electrons. The summed E-state index contributed by atoms with van der Waals surface area (Å²) in [6.07, 6.45) is -3.82. The Morgan fingerprint density at radius 2 is 1.59 bits per heavy atom. The zero-order valence-corrected chi connectivity index (χ0v) is 18.8. The van der Waals surface area contributed by atoms with Crippen LogP contribution in [-0.4, -0.2) is 73.7 Å². The summed E-state index contributed by atoms with van der Waals surface area (Å²) in [7, 11) is 0. The van der Waals surface area contributed by atoms with Crippen LogP contribution in [0.3, 0.4) is 0 Å². The molecule has 0 N–H and O–H groups in total. The molecule has 0 spiro atoms. The molecular formula is C21H28ClF4N3O3. The highest BCUT2D eigenvalue weighted by molar-refractivity contribution is 6.04. The first-order valence-corrected chi connectivity index (χ1v) is 10.4. The van der Waals surface area contributed by atoms with E-state index in [9.17, 15) is 27.2 Å². The van der Waals surface area contributed by atoms with Crippen LogP contribution in [0.5, 0.6) is 5.75 Å². The van der Waals surface area contributed by atoms with E-state index in [4.69, 9.17) is 4.74 Å². The lowest BCUT2D eigenvalue weighted by atomic mass is 10.00. The van der Waals surface area contributed by atoms with Gasteiger partial charge in [0.05, 0.1) is 5.69 Å². The summed E-state index contributed by atoms with van der Waals surface area (Å²) in [6, 6.07) is 3.48. The summed E-state index contributed by atoms with van der Waals surface area (Å²) in [5.41, 5.74) is 0.306. The van der Waals surface area contributed by atoms with E-state index in [-0.39, 0.29) is 41.8 Å². The smallest absolute Gasteiger partial charge is 0.422 e. The molecule has 2 fully saturated rings. The van der Waals surface area contributed by atoms with Crippen molar-refractivity contribution in [3.05, 3.63) is 24.0 Å². The number of hydrogen-bond donors (Lipinski definition) is 0. The van der Waals surface area contributed by atoms with E-state index < -0.39 is 18.6 Å². The highest BCUT2D eigenvalue weighted by Gasteiger charge is 2.41. The maximum Gasteiger partial charge on any atom is 0.422 e. The fourth-order valence-electron chi connectivity index (χ4n) is 3.93. The third kappa shape index (κ3) is 6.25. The molecule has 2 aliphatic rings. The lowest BCUT2D eigenvalue weighted by Crippen LogP contribution is -2.47. The number of rotatable bonds is 7. The van der Waals surface area contributed by atoms with Crippen LogP contribution in [-0.2, 0) is 9.59 Å². The summed E-state index contributed by atoms with van der Waals surface area (Å²) >= 11 is 0. The lowest BCUT2D eigenvalue weighted by molar-refractivity contribution is -0.153. The standard InChI is InChI=1S/C21H27F4N3O3.ClH/c1-14-15(2)20(30)28(19(14)29)7-3-6-26-8-10-27(11-9-26)17-12-16(22)4-5-18(17)31-13-21(23,24)25;/h4-5,12,14-15H,3,6-11,13H2,1-2H3;1H. The van der Waals surface area contributed by atoms with Crippen molar-refractivity contribution >= 4 is 29.9 Å². The van der Waals surface area contributed by atoms with Gasteiger partial charge < -0.3 is 9.64 Å². The van der Waals surface area contributed by atoms with Crippen molar-refractivity contribution in [1.82, 2.24) is 9.80 Å². The molecule has 32 heavy (non-hydrogen) atoms. The molecule has 2 atom stereocenters. The first-order chi connectivity index (χ1) is 14.6. The van der Waals surface area contributed by atoms with Gasteiger partial charge >= 0.3 is 6.18 Å². The van der Waals surface area contributed by atoms with Crippen LogP contribution in [0.15, 0.2) is 18.2 Å². The van der Waals surface area contributed by atoms with Crippen LogP contribution in [0.4, 0.5) is 23.2 Å². The van der Waals surface area contributed by atoms with Crippen molar-refractivity contribution in [3.8, 4) is 5.75 Å². The van der Waals surface area contributed by atoms with E-state index in [2.05, 4.69) is 4.90 Å². The Balaban J connectivity index is 0.00000363. The number of carbonyl (C=O) groups excluding carboxylic acids is 2. The predicted octanol–water partition coefficient (Wildman–Crippen LogP) is 3.34. The number of carbonyl (C=O) groups is 2. The van der Waals surface area contributed by atoms with Crippen molar-refractivity contribution in [1.29, 1.82) is 0 Å². The number of anilines is 1. The fraction of sp³-hybridized carbons (Fsp3) is 0.619. The van der Waals surface area contributed by atoms with Crippen molar-refractivity contribution in [2.45, 2.75) is 26.4 Å². The van der Waals surface area contributed by atoms with Gasteiger partial charge in [-0.2, -0.15) is 13.2 Å². The van der Waals surface area contributed by atoms with E-state index in [1.807, 2.05) is 4.90 Å². The molecule has 2 aliphatic heterocycles. The molecule has 0 aromatic heterocycles. The highest BCUT2D eigenvalue weighted by atomic mass is 35.5. The van der Waals surface area contributed by atoms with Crippen molar-refractivity contribution in [2.24, 2.45) is 11.8 Å². The Bertz CT molecular complexity index is 796. The molecule has 1 aromatic carbocycles. The minimum absolute atomic E-state index is 0. The van der Waals surface area contributed by atoms with Crippen molar-refractivity contribution in [3.63, 3.8) is 0 Å². The molecule has 11 heteroatoms. The average molecular weight is 482 g/mol. The van der Waals surface area contributed by atoms with Gasteiger partial charge in [0, 0.05) is 50.6 Å². The lowest BCUT2D eigenvalue weighted by Gasteiger charge is -2.37. The van der Waals surface area contributed by atoms with Gasteiger partial charge in [0.1, 0.15) is 11.6 Å². The van der Waals surface area contributed by atoms with E-state index in [1.54, 1.807) is 13.8 Å². The van der Waals surface area contributed by atoms with Crippen LogP contribution in [0.1, 0.15) is 20.3 Å². The molecule has 2 unspecified atom stereocenters. The minimum Gasteiger partial charge on any atom is -0.482 e. The van der Waals surface area contributed by atoms with Crippen molar-refractivity contribution < 1.29 is 31.9 Å².